The van der Waals surface area contributed by atoms with Gasteiger partial charge in [0.15, 0.2) is 5.76 Å². The molecule has 1 aliphatic rings. The van der Waals surface area contributed by atoms with Gasteiger partial charge < -0.3 is 18.8 Å². The Morgan fingerprint density at radius 1 is 1.09 bits per heavy atom. The van der Waals surface area contributed by atoms with Crippen LogP contribution >= 0.6 is 11.6 Å². The molecule has 5 rings (SSSR count). The van der Waals surface area contributed by atoms with E-state index in [1.165, 1.54) is 10.6 Å². The van der Waals surface area contributed by atoms with Gasteiger partial charge in [-0.2, -0.15) is 0 Å². The fourth-order valence-corrected chi connectivity index (χ4v) is 7.98. The maximum absolute atomic E-state index is 14.5. The van der Waals surface area contributed by atoms with E-state index in [4.69, 9.17) is 25.5 Å². The molecule has 3 aromatic heterocycles. The van der Waals surface area contributed by atoms with Crippen molar-refractivity contribution in [3.63, 3.8) is 0 Å². The topological polar surface area (TPSA) is 116 Å². The fraction of sp³-hybridized carbons (Fsp3) is 0.406. The van der Waals surface area contributed by atoms with Crippen molar-refractivity contribution < 1.29 is 22.3 Å². The Labute approximate surface area is 276 Å². The number of halogens is 1. The van der Waals surface area contributed by atoms with Gasteiger partial charge in [-0.1, -0.05) is 43.4 Å². The Balaban J connectivity index is 1.61. The van der Waals surface area contributed by atoms with Crippen LogP contribution in [0.1, 0.15) is 17.7 Å². The van der Waals surface area contributed by atoms with Gasteiger partial charge >= 0.3 is 0 Å². The summed E-state index contributed by atoms with van der Waals surface area (Å²) in [6.45, 7) is 8.56. The van der Waals surface area contributed by atoms with Crippen molar-refractivity contribution in [3.05, 3.63) is 71.2 Å². The van der Waals surface area contributed by atoms with E-state index in [9.17, 15) is 8.42 Å². The summed E-state index contributed by atoms with van der Waals surface area (Å²) in [5.74, 6) is 1.56. The second kappa shape index (κ2) is 14.0. The predicted octanol–water partition coefficient (Wildman–Crippen LogP) is 6.03. The summed E-state index contributed by atoms with van der Waals surface area (Å²) >= 11 is 6.37. The van der Waals surface area contributed by atoms with E-state index >= 15 is 0 Å². The molecule has 0 fully saturated rings. The highest BCUT2D eigenvalue weighted by atomic mass is 35.5. The summed E-state index contributed by atoms with van der Waals surface area (Å²) in [7, 11) is -0.513. The maximum atomic E-state index is 14.5. The lowest BCUT2D eigenvalue weighted by Crippen LogP contribution is -2.39. The number of hydrogen-bond donors (Lipinski definition) is 0. The van der Waals surface area contributed by atoms with Crippen LogP contribution in [0.2, 0.25) is 30.7 Å². The third-order valence-electron chi connectivity index (χ3n) is 7.93. The van der Waals surface area contributed by atoms with E-state index < -0.39 is 18.1 Å². The van der Waals surface area contributed by atoms with Gasteiger partial charge in [-0.3, -0.25) is 9.55 Å². The highest BCUT2D eigenvalue weighted by molar-refractivity contribution is 7.92. The van der Waals surface area contributed by atoms with E-state index in [2.05, 4.69) is 52.8 Å². The van der Waals surface area contributed by atoms with Crippen LogP contribution in [0, 0.1) is 0 Å². The number of ether oxygens (including phenoxy) is 2. The Bertz CT molecular complexity index is 1780. The number of sulfonamides is 1. The summed E-state index contributed by atoms with van der Waals surface area (Å²) in [6.07, 6.45) is 6.30. The molecule has 0 bridgehead atoms. The van der Waals surface area contributed by atoms with Gasteiger partial charge in [0, 0.05) is 51.6 Å². The highest BCUT2D eigenvalue weighted by Crippen LogP contribution is 2.39. The monoisotopic (exact) mass is 684 g/mol. The number of para-hydroxylation sites is 1. The molecule has 0 spiro atoms. The molecule has 246 valence electrons. The number of aromatic nitrogens is 4. The molecule has 0 atom stereocenters. The smallest absolute Gasteiger partial charge is 0.246 e. The first-order chi connectivity index (χ1) is 21.9. The van der Waals surface area contributed by atoms with Crippen LogP contribution in [0.3, 0.4) is 0 Å². The number of rotatable bonds is 13. The molecule has 1 aliphatic heterocycles. The number of methoxy groups -OCH3 is 2. The molecule has 0 unspecified atom stereocenters. The molecule has 4 heterocycles. The van der Waals surface area contributed by atoms with E-state index in [0.29, 0.717) is 45.5 Å². The van der Waals surface area contributed by atoms with Gasteiger partial charge in [-0.25, -0.2) is 12.7 Å². The van der Waals surface area contributed by atoms with Crippen LogP contribution in [0.5, 0.6) is 11.5 Å². The normalized spacial score (nSPS) is 14.3. The molecule has 1 aromatic carbocycles. The summed E-state index contributed by atoms with van der Waals surface area (Å²) in [6, 6.07) is 11.4. The first kappa shape index (κ1) is 33.7. The molecule has 14 heteroatoms. The van der Waals surface area contributed by atoms with Gasteiger partial charge in [0.05, 0.1) is 31.3 Å². The Hall–Kier alpha value is -3.65. The second-order valence-corrected chi connectivity index (χ2v) is 20.6. The lowest BCUT2D eigenvalue weighted by atomic mass is 9.97. The number of anilines is 1. The highest BCUT2D eigenvalue weighted by Gasteiger charge is 2.34. The average Bonchev–Trinajstić information content (AvgIpc) is 3.70. The predicted molar refractivity (Wildman–Crippen MR) is 184 cm³/mol. The minimum atomic E-state index is -3.97. The van der Waals surface area contributed by atoms with E-state index in [1.54, 1.807) is 55.3 Å². The third-order valence-corrected chi connectivity index (χ3v) is 11.6. The molecular formula is C32H41ClN6O5SSi. The van der Waals surface area contributed by atoms with E-state index in [-0.39, 0.29) is 24.7 Å². The lowest BCUT2D eigenvalue weighted by Gasteiger charge is -2.28. The molecular weight excluding hydrogens is 644 g/mol. The van der Waals surface area contributed by atoms with Crippen LogP contribution in [0.15, 0.2) is 59.4 Å². The first-order valence-electron chi connectivity index (χ1n) is 15.2. The van der Waals surface area contributed by atoms with Gasteiger partial charge in [0.2, 0.25) is 21.8 Å². The van der Waals surface area contributed by atoms with Crippen LogP contribution in [-0.2, 0) is 16.4 Å². The van der Waals surface area contributed by atoms with Crippen molar-refractivity contribution in [1.29, 1.82) is 0 Å². The average molecular weight is 685 g/mol. The number of furan rings is 1. The van der Waals surface area contributed by atoms with Crippen molar-refractivity contribution in [2.24, 2.45) is 0 Å². The molecule has 4 aromatic rings. The van der Waals surface area contributed by atoms with Crippen LogP contribution < -0.4 is 13.8 Å². The van der Waals surface area contributed by atoms with Crippen molar-refractivity contribution in [1.82, 2.24) is 24.6 Å². The SMILES string of the molecule is COc1cccc(OC)c1-n1c(-c2ccco2)nnc1N(CC[Si](C)(C)C)S(=O)(=O)CCc1ncc(Cl)cc1C1=CCN(C)CC1. The quantitative estimate of drug-likeness (QED) is 0.156. The lowest BCUT2D eigenvalue weighted by molar-refractivity contribution is 0.370. The zero-order chi connectivity index (χ0) is 33.1. The number of aryl methyl sites for hydroxylation is 1. The van der Waals surface area contributed by atoms with Crippen molar-refractivity contribution in [2.75, 3.05) is 51.0 Å². The fourth-order valence-electron chi connectivity index (χ4n) is 5.36. The minimum Gasteiger partial charge on any atom is -0.494 e. The van der Waals surface area contributed by atoms with E-state index in [0.717, 1.165) is 30.6 Å². The van der Waals surface area contributed by atoms with Crippen LogP contribution in [0.4, 0.5) is 5.95 Å². The summed E-state index contributed by atoms with van der Waals surface area (Å²) in [5, 5.41) is 9.45. The number of benzene rings is 1. The summed E-state index contributed by atoms with van der Waals surface area (Å²) in [5.41, 5.74) is 3.18. The van der Waals surface area contributed by atoms with Crippen molar-refractivity contribution in [3.8, 4) is 28.8 Å². The van der Waals surface area contributed by atoms with Crippen LogP contribution in [-0.4, -0.2) is 87.8 Å². The number of pyridine rings is 1. The number of hydrogen-bond acceptors (Lipinski definition) is 9. The molecule has 0 amide bonds. The van der Waals surface area contributed by atoms with Gasteiger partial charge in [0.25, 0.3) is 0 Å². The summed E-state index contributed by atoms with van der Waals surface area (Å²) < 4.78 is 49.2. The molecule has 11 nitrogen and oxygen atoms in total. The number of likely N-dealkylation sites (N-methyl/N-ethyl adjacent to an activating group) is 1. The molecule has 46 heavy (non-hydrogen) atoms. The Morgan fingerprint density at radius 2 is 1.83 bits per heavy atom. The Morgan fingerprint density at radius 3 is 2.43 bits per heavy atom. The molecule has 0 radical (unpaired) electrons. The maximum Gasteiger partial charge on any atom is 0.246 e. The van der Waals surface area contributed by atoms with E-state index in [1.807, 2.05) is 6.07 Å². The Kier molecular flexibility index (Phi) is 10.3. The van der Waals surface area contributed by atoms with Gasteiger partial charge in [0.1, 0.15) is 17.2 Å². The second-order valence-electron chi connectivity index (χ2n) is 12.5. The minimum absolute atomic E-state index is 0.120. The molecule has 0 aliphatic carbocycles. The number of nitrogens with zero attached hydrogens (tertiary/aromatic N) is 6. The first-order valence-corrected chi connectivity index (χ1v) is 20.8. The van der Waals surface area contributed by atoms with Gasteiger partial charge in [-0.05, 0) is 55.4 Å². The zero-order valence-corrected chi connectivity index (χ0v) is 29.7. The van der Waals surface area contributed by atoms with Crippen molar-refractivity contribution in [2.45, 2.75) is 38.5 Å². The van der Waals surface area contributed by atoms with Gasteiger partial charge in [-0.15, -0.1) is 10.2 Å². The summed E-state index contributed by atoms with van der Waals surface area (Å²) in [4.78, 5) is 6.83. The van der Waals surface area contributed by atoms with Crippen molar-refractivity contribution >= 4 is 41.2 Å². The van der Waals surface area contributed by atoms with Crippen LogP contribution in [0.25, 0.3) is 22.8 Å². The standard InChI is InChI=1S/C32H41ClN6O5SSi/c1-37-15-12-23(13-16-37)25-21-24(33)22-34-26(25)14-19-45(40,41)38(17-20-46(4,5)6)32-36-35-31(29-11-8-18-44-29)39(32)30-27(42-2)9-7-10-28(30)43-3/h7-12,18,21-22H,13-17,19-20H2,1-6H3. The third kappa shape index (κ3) is 7.49. The molecule has 0 saturated carbocycles. The zero-order valence-electron chi connectivity index (χ0n) is 27.2. The molecule has 0 saturated heterocycles. The molecule has 0 N–H and O–H groups in total. The largest absolute Gasteiger partial charge is 0.494 e.